The summed E-state index contributed by atoms with van der Waals surface area (Å²) in [5.74, 6) is 1.00. The SMILES string of the molecule is c1ccc(-n2c3ccccc3c3cc(-c4nnc(-c5cccc6c5c5ccccc5n6-c5ccccc5)o4)ccc32)cc1. The molecule has 0 aliphatic rings. The van der Waals surface area contributed by atoms with E-state index in [1.165, 1.54) is 5.39 Å². The fourth-order valence-corrected chi connectivity index (χ4v) is 6.46. The minimum absolute atomic E-state index is 0.497. The van der Waals surface area contributed by atoms with Gasteiger partial charge in [-0.15, -0.1) is 10.2 Å². The molecule has 5 nitrogen and oxygen atoms in total. The summed E-state index contributed by atoms with van der Waals surface area (Å²) in [6.45, 7) is 0. The Morgan fingerprint density at radius 1 is 0.419 bits per heavy atom. The minimum atomic E-state index is 0.497. The van der Waals surface area contributed by atoms with Crippen LogP contribution in [0.15, 0.2) is 150 Å². The second kappa shape index (κ2) is 9.29. The third-order valence-electron chi connectivity index (χ3n) is 8.30. The molecule has 0 saturated carbocycles. The van der Waals surface area contributed by atoms with Crippen LogP contribution in [0.25, 0.3) is 77.9 Å². The standard InChI is InChI=1S/C38H24N4O/c1-3-12-26(13-4-1)41-32-19-9-7-16-28(32)31-24-25(22-23-34(31)41)37-39-40-38(43-37)30-18-11-21-35-36(30)29-17-8-10-20-33(29)42(35)27-14-5-2-6-15-27/h1-24H. The van der Waals surface area contributed by atoms with Crippen LogP contribution in [0.4, 0.5) is 0 Å². The molecule has 202 valence electrons. The van der Waals surface area contributed by atoms with Crippen molar-refractivity contribution in [1.82, 2.24) is 19.3 Å². The zero-order valence-electron chi connectivity index (χ0n) is 23.1. The second-order valence-corrected chi connectivity index (χ2v) is 10.7. The van der Waals surface area contributed by atoms with E-state index in [1.807, 2.05) is 12.1 Å². The quantitative estimate of drug-likeness (QED) is 0.218. The highest BCUT2D eigenvalue weighted by Gasteiger charge is 2.20. The summed E-state index contributed by atoms with van der Waals surface area (Å²) in [7, 11) is 0. The monoisotopic (exact) mass is 552 g/mol. The molecule has 5 heteroatoms. The first-order valence-corrected chi connectivity index (χ1v) is 14.4. The molecular weight excluding hydrogens is 528 g/mol. The van der Waals surface area contributed by atoms with Crippen molar-refractivity contribution in [2.24, 2.45) is 0 Å². The normalized spacial score (nSPS) is 11.7. The van der Waals surface area contributed by atoms with Gasteiger partial charge >= 0.3 is 0 Å². The van der Waals surface area contributed by atoms with Crippen LogP contribution in [-0.4, -0.2) is 19.3 Å². The molecule has 43 heavy (non-hydrogen) atoms. The number of rotatable bonds is 4. The largest absolute Gasteiger partial charge is 0.416 e. The third kappa shape index (κ3) is 3.58. The van der Waals surface area contributed by atoms with Crippen molar-refractivity contribution in [3.8, 4) is 34.3 Å². The summed E-state index contributed by atoms with van der Waals surface area (Å²) < 4.78 is 11.0. The molecule has 0 fully saturated rings. The molecule has 0 saturated heterocycles. The van der Waals surface area contributed by atoms with Gasteiger partial charge in [0.15, 0.2) is 0 Å². The Morgan fingerprint density at radius 2 is 0.977 bits per heavy atom. The molecule has 0 N–H and O–H groups in total. The lowest BCUT2D eigenvalue weighted by molar-refractivity contribution is 0.585. The average Bonchev–Trinajstić information content (AvgIpc) is 3.78. The fourth-order valence-electron chi connectivity index (χ4n) is 6.46. The van der Waals surface area contributed by atoms with Gasteiger partial charge in [-0.2, -0.15) is 0 Å². The summed E-state index contributed by atoms with van der Waals surface area (Å²) in [6.07, 6.45) is 0. The van der Waals surface area contributed by atoms with Gasteiger partial charge in [0, 0.05) is 44.0 Å². The number of benzene rings is 6. The highest BCUT2D eigenvalue weighted by molar-refractivity contribution is 6.15. The van der Waals surface area contributed by atoms with Gasteiger partial charge in [0.05, 0.1) is 22.1 Å². The van der Waals surface area contributed by atoms with E-state index in [4.69, 9.17) is 4.42 Å². The highest BCUT2D eigenvalue weighted by Crippen LogP contribution is 2.39. The van der Waals surface area contributed by atoms with E-state index < -0.39 is 0 Å². The van der Waals surface area contributed by atoms with Crippen molar-refractivity contribution in [3.05, 3.63) is 146 Å². The number of nitrogens with zero attached hydrogens (tertiary/aromatic N) is 4. The lowest BCUT2D eigenvalue weighted by atomic mass is 10.1. The molecule has 0 atom stereocenters. The Labute approximate surface area is 246 Å². The summed E-state index contributed by atoms with van der Waals surface area (Å²) >= 11 is 0. The Morgan fingerprint density at radius 3 is 1.72 bits per heavy atom. The molecule has 0 aliphatic carbocycles. The second-order valence-electron chi connectivity index (χ2n) is 10.7. The maximum atomic E-state index is 6.44. The van der Waals surface area contributed by atoms with Crippen LogP contribution in [0.3, 0.4) is 0 Å². The molecule has 0 bridgehead atoms. The van der Waals surface area contributed by atoms with E-state index in [9.17, 15) is 0 Å². The third-order valence-corrected chi connectivity index (χ3v) is 8.30. The molecule has 9 aromatic rings. The molecular formula is C38H24N4O. The van der Waals surface area contributed by atoms with Gasteiger partial charge in [0.1, 0.15) is 0 Å². The van der Waals surface area contributed by atoms with Crippen LogP contribution in [0.1, 0.15) is 0 Å². The van der Waals surface area contributed by atoms with Crippen molar-refractivity contribution in [2.75, 3.05) is 0 Å². The number of hydrogen-bond acceptors (Lipinski definition) is 3. The molecule has 0 unspecified atom stereocenters. The first-order valence-electron chi connectivity index (χ1n) is 14.4. The number of aromatic nitrogens is 4. The van der Waals surface area contributed by atoms with Gasteiger partial charge in [0.25, 0.3) is 0 Å². The van der Waals surface area contributed by atoms with Gasteiger partial charge in [0.2, 0.25) is 11.8 Å². The summed E-state index contributed by atoms with van der Waals surface area (Å²) in [4.78, 5) is 0. The molecule has 3 aromatic heterocycles. The van der Waals surface area contributed by atoms with E-state index in [0.29, 0.717) is 11.8 Å². The summed E-state index contributed by atoms with van der Waals surface area (Å²) in [6, 6.07) is 50.5. The van der Waals surface area contributed by atoms with Crippen molar-refractivity contribution in [1.29, 1.82) is 0 Å². The average molecular weight is 553 g/mol. The van der Waals surface area contributed by atoms with E-state index in [0.717, 1.165) is 60.7 Å². The molecule has 0 amide bonds. The lowest BCUT2D eigenvalue weighted by Gasteiger charge is -2.07. The van der Waals surface area contributed by atoms with Crippen molar-refractivity contribution in [3.63, 3.8) is 0 Å². The predicted molar refractivity (Wildman–Crippen MR) is 174 cm³/mol. The Hall–Kier alpha value is -5.94. The fraction of sp³-hybridized carbons (Fsp3) is 0. The van der Waals surface area contributed by atoms with Crippen LogP contribution < -0.4 is 0 Å². The van der Waals surface area contributed by atoms with Crippen molar-refractivity contribution < 1.29 is 4.42 Å². The van der Waals surface area contributed by atoms with E-state index >= 15 is 0 Å². The first kappa shape index (κ1) is 23.7. The van der Waals surface area contributed by atoms with Crippen molar-refractivity contribution >= 4 is 43.6 Å². The Bertz CT molecular complexity index is 2450. The van der Waals surface area contributed by atoms with Crippen LogP contribution in [0, 0.1) is 0 Å². The van der Waals surface area contributed by atoms with Gasteiger partial charge in [-0.1, -0.05) is 78.9 Å². The molecule has 9 rings (SSSR count). The predicted octanol–water partition coefficient (Wildman–Crippen LogP) is 9.60. The zero-order chi connectivity index (χ0) is 28.3. The minimum Gasteiger partial charge on any atom is -0.416 e. The van der Waals surface area contributed by atoms with E-state index in [2.05, 4.69) is 153 Å². The number of fused-ring (bicyclic) bond motifs is 6. The number of hydrogen-bond donors (Lipinski definition) is 0. The van der Waals surface area contributed by atoms with Crippen LogP contribution >= 0.6 is 0 Å². The lowest BCUT2D eigenvalue weighted by Crippen LogP contribution is -1.92. The van der Waals surface area contributed by atoms with Gasteiger partial charge in [-0.25, -0.2) is 0 Å². The maximum Gasteiger partial charge on any atom is 0.248 e. The van der Waals surface area contributed by atoms with E-state index in [1.54, 1.807) is 0 Å². The van der Waals surface area contributed by atoms with Crippen LogP contribution in [-0.2, 0) is 0 Å². The highest BCUT2D eigenvalue weighted by atomic mass is 16.4. The molecule has 0 spiro atoms. The topological polar surface area (TPSA) is 48.8 Å². The van der Waals surface area contributed by atoms with E-state index in [-0.39, 0.29) is 0 Å². The number of para-hydroxylation sites is 4. The Kier molecular flexibility index (Phi) is 5.13. The first-order chi connectivity index (χ1) is 21.3. The zero-order valence-corrected chi connectivity index (χ0v) is 23.1. The molecule has 6 aromatic carbocycles. The molecule has 0 aliphatic heterocycles. The van der Waals surface area contributed by atoms with Gasteiger partial charge in [-0.05, 0) is 66.7 Å². The summed E-state index contributed by atoms with van der Waals surface area (Å²) in [5.41, 5.74) is 8.58. The van der Waals surface area contributed by atoms with Crippen LogP contribution in [0.5, 0.6) is 0 Å². The summed E-state index contributed by atoms with van der Waals surface area (Å²) in [5, 5.41) is 13.7. The maximum absolute atomic E-state index is 6.44. The van der Waals surface area contributed by atoms with Gasteiger partial charge < -0.3 is 13.6 Å². The van der Waals surface area contributed by atoms with Gasteiger partial charge in [-0.3, -0.25) is 0 Å². The smallest absolute Gasteiger partial charge is 0.248 e. The Balaban J connectivity index is 1.21. The van der Waals surface area contributed by atoms with Crippen molar-refractivity contribution in [2.45, 2.75) is 0 Å². The molecule has 0 radical (unpaired) electrons. The molecule has 3 heterocycles. The van der Waals surface area contributed by atoms with Crippen LogP contribution in [0.2, 0.25) is 0 Å².